The van der Waals surface area contributed by atoms with Crippen molar-refractivity contribution in [1.82, 2.24) is 14.9 Å². The molecule has 186 valence electrons. The summed E-state index contributed by atoms with van der Waals surface area (Å²) in [5.41, 5.74) is 1.90. The van der Waals surface area contributed by atoms with Gasteiger partial charge in [-0.1, -0.05) is 12.1 Å². The molecular weight excluding hydrogens is 497 g/mol. The normalized spacial score (nSPS) is 23.5. The molecule has 5 rings (SSSR count). The predicted molar refractivity (Wildman–Crippen MR) is 129 cm³/mol. The number of aliphatic hydroxyl groups is 1. The van der Waals surface area contributed by atoms with E-state index in [-0.39, 0.29) is 23.8 Å². The quantitative estimate of drug-likeness (QED) is 0.439. The SMILES string of the molecule is Cc1nc(CO)sc1-c1csc(NC(=O)C2CC3(C2)CC3N(C)Cc2ccc(C(F)(F)F)cc2)n1. The Labute approximate surface area is 208 Å². The molecule has 0 saturated heterocycles. The van der Waals surface area contributed by atoms with Gasteiger partial charge < -0.3 is 10.4 Å². The van der Waals surface area contributed by atoms with E-state index in [4.69, 9.17) is 0 Å². The topological polar surface area (TPSA) is 78.4 Å². The number of alkyl halides is 3. The maximum Gasteiger partial charge on any atom is 0.416 e. The lowest BCUT2D eigenvalue weighted by Crippen LogP contribution is -2.40. The number of benzene rings is 1. The third-order valence-electron chi connectivity index (χ3n) is 7.01. The zero-order chi connectivity index (χ0) is 25.0. The minimum atomic E-state index is -4.32. The zero-order valence-corrected chi connectivity index (χ0v) is 20.9. The fourth-order valence-corrected chi connectivity index (χ4v) is 6.76. The number of aryl methyl sites for hydroxylation is 1. The van der Waals surface area contributed by atoms with Gasteiger partial charge in [0.1, 0.15) is 5.01 Å². The number of thiazole rings is 2. The lowest BCUT2D eigenvalue weighted by Gasteiger charge is -2.37. The van der Waals surface area contributed by atoms with Crippen LogP contribution in [0.5, 0.6) is 0 Å². The molecule has 1 spiro atoms. The van der Waals surface area contributed by atoms with E-state index >= 15 is 0 Å². The molecule has 2 saturated carbocycles. The van der Waals surface area contributed by atoms with E-state index in [1.54, 1.807) is 0 Å². The maximum atomic E-state index is 12.8. The molecule has 2 aliphatic rings. The number of nitrogens with one attached hydrogen (secondary N) is 1. The summed E-state index contributed by atoms with van der Waals surface area (Å²) in [6, 6.07) is 5.66. The molecule has 11 heteroatoms. The van der Waals surface area contributed by atoms with Crippen molar-refractivity contribution in [2.45, 2.75) is 51.6 Å². The number of anilines is 1. The van der Waals surface area contributed by atoms with Gasteiger partial charge in [-0.3, -0.25) is 9.69 Å². The largest absolute Gasteiger partial charge is 0.416 e. The number of halogens is 3. The second-order valence-electron chi connectivity index (χ2n) is 9.50. The monoisotopic (exact) mass is 522 g/mol. The Bertz CT molecular complexity index is 1230. The van der Waals surface area contributed by atoms with Crippen LogP contribution in [0.3, 0.4) is 0 Å². The third-order valence-corrected chi connectivity index (χ3v) is 8.93. The van der Waals surface area contributed by atoms with Gasteiger partial charge in [-0.15, -0.1) is 22.7 Å². The maximum absolute atomic E-state index is 12.8. The van der Waals surface area contributed by atoms with Crippen LogP contribution in [0.1, 0.15) is 41.1 Å². The Morgan fingerprint density at radius 2 is 1.94 bits per heavy atom. The Morgan fingerprint density at radius 3 is 2.57 bits per heavy atom. The van der Waals surface area contributed by atoms with E-state index in [2.05, 4.69) is 20.2 Å². The minimum Gasteiger partial charge on any atom is -0.389 e. The Kier molecular flexibility index (Phi) is 6.23. The van der Waals surface area contributed by atoms with Crippen LogP contribution < -0.4 is 5.32 Å². The molecule has 2 heterocycles. The fourth-order valence-electron chi connectivity index (χ4n) is 5.09. The van der Waals surface area contributed by atoms with Crippen LogP contribution in [0, 0.1) is 18.3 Å². The average molecular weight is 523 g/mol. The van der Waals surface area contributed by atoms with Gasteiger partial charge in [0.15, 0.2) is 5.13 Å². The van der Waals surface area contributed by atoms with Gasteiger partial charge in [-0.25, -0.2) is 9.97 Å². The number of hydrogen-bond donors (Lipinski definition) is 2. The second-order valence-corrected chi connectivity index (χ2v) is 11.4. The van der Waals surface area contributed by atoms with Crippen molar-refractivity contribution >= 4 is 33.7 Å². The summed E-state index contributed by atoms with van der Waals surface area (Å²) < 4.78 is 38.3. The summed E-state index contributed by atoms with van der Waals surface area (Å²) in [5.74, 6) is -0.0809. The molecule has 1 aromatic carbocycles. The Balaban J connectivity index is 1.12. The number of carbonyl (C=O) groups excluding carboxylic acids is 1. The molecule has 2 N–H and O–H groups in total. The number of rotatable bonds is 7. The first-order chi connectivity index (χ1) is 16.6. The number of amides is 1. The Morgan fingerprint density at radius 1 is 1.23 bits per heavy atom. The highest BCUT2D eigenvalue weighted by atomic mass is 32.1. The van der Waals surface area contributed by atoms with Crippen molar-refractivity contribution < 1.29 is 23.1 Å². The first-order valence-electron chi connectivity index (χ1n) is 11.3. The van der Waals surface area contributed by atoms with E-state index in [9.17, 15) is 23.1 Å². The van der Waals surface area contributed by atoms with Crippen LogP contribution in [0.15, 0.2) is 29.6 Å². The third kappa shape index (κ3) is 4.87. The smallest absolute Gasteiger partial charge is 0.389 e. The van der Waals surface area contributed by atoms with Crippen LogP contribution >= 0.6 is 22.7 Å². The molecule has 6 nitrogen and oxygen atoms in total. The lowest BCUT2D eigenvalue weighted by molar-refractivity contribution is -0.137. The van der Waals surface area contributed by atoms with Gasteiger partial charge in [-0.2, -0.15) is 13.2 Å². The molecule has 1 atom stereocenters. The van der Waals surface area contributed by atoms with Crippen molar-refractivity contribution in [3.63, 3.8) is 0 Å². The summed E-state index contributed by atoms with van der Waals surface area (Å²) in [5, 5.41) is 15.3. The average Bonchev–Trinajstić information content (AvgIpc) is 3.20. The van der Waals surface area contributed by atoms with E-state index in [1.807, 2.05) is 19.4 Å². The highest BCUT2D eigenvalue weighted by Gasteiger charge is 2.64. The van der Waals surface area contributed by atoms with Crippen LogP contribution in [0.4, 0.5) is 18.3 Å². The van der Waals surface area contributed by atoms with Gasteiger partial charge >= 0.3 is 6.18 Å². The minimum absolute atomic E-state index is 0.0235. The number of carbonyl (C=O) groups is 1. The molecule has 35 heavy (non-hydrogen) atoms. The van der Waals surface area contributed by atoms with Crippen molar-refractivity contribution in [1.29, 1.82) is 0 Å². The van der Waals surface area contributed by atoms with Crippen LogP contribution in [-0.2, 0) is 24.1 Å². The van der Waals surface area contributed by atoms with Crippen LogP contribution in [-0.4, -0.2) is 39.0 Å². The number of hydrogen-bond acceptors (Lipinski definition) is 7. The van der Waals surface area contributed by atoms with Crippen LogP contribution in [0.2, 0.25) is 0 Å². The molecule has 0 bridgehead atoms. The first kappa shape index (κ1) is 24.4. The molecule has 1 amide bonds. The lowest BCUT2D eigenvalue weighted by atomic mass is 9.70. The fraction of sp³-hybridized carbons (Fsp3) is 0.458. The highest BCUT2D eigenvalue weighted by molar-refractivity contribution is 7.17. The standard InChI is InChI=1S/C24H25F3N4O2S2/c1-13-20(35-19(11-32)28-13)17-12-34-22(29-17)30-21(33)15-7-23(8-15)9-18(23)31(2)10-14-3-5-16(6-4-14)24(25,26)27/h3-6,12,15,18,32H,7-11H2,1-2H3,(H,29,30,33). The molecule has 2 fully saturated rings. The second kappa shape index (κ2) is 8.95. The molecule has 1 unspecified atom stereocenters. The molecule has 2 aromatic heterocycles. The molecule has 2 aliphatic carbocycles. The summed E-state index contributed by atoms with van der Waals surface area (Å²) in [7, 11) is 1.99. The van der Waals surface area contributed by atoms with Crippen molar-refractivity contribution in [3.8, 4) is 10.6 Å². The number of nitrogens with zero attached hydrogens (tertiary/aromatic N) is 3. The van der Waals surface area contributed by atoms with Gasteiger partial charge in [0, 0.05) is 23.9 Å². The van der Waals surface area contributed by atoms with E-state index in [1.165, 1.54) is 34.8 Å². The zero-order valence-electron chi connectivity index (χ0n) is 19.2. The summed E-state index contributed by atoms with van der Waals surface area (Å²) in [4.78, 5) is 24.7. The Hall–Kier alpha value is -2.34. The molecule has 3 aromatic rings. The highest BCUT2D eigenvalue weighted by Crippen LogP contribution is 2.65. The van der Waals surface area contributed by atoms with Gasteiger partial charge in [-0.05, 0) is 56.3 Å². The van der Waals surface area contributed by atoms with Crippen molar-refractivity contribution in [2.24, 2.45) is 11.3 Å². The van der Waals surface area contributed by atoms with Crippen molar-refractivity contribution in [2.75, 3.05) is 12.4 Å². The summed E-state index contributed by atoms with van der Waals surface area (Å²) >= 11 is 2.77. The predicted octanol–water partition coefficient (Wildman–Crippen LogP) is 5.33. The molecule has 0 radical (unpaired) electrons. The van der Waals surface area contributed by atoms with Gasteiger partial charge in [0.05, 0.1) is 28.4 Å². The van der Waals surface area contributed by atoms with Gasteiger partial charge in [0.25, 0.3) is 0 Å². The number of aromatic nitrogens is 2. The van der Waals surface area contributed by atoms with Gasteiger partial charge in [0.2, 0.25) is 5.91 Å². The summed E-state index contributed by atoms with van der Waals surface area (Å²) in [6.07, 6.45) is -1.69. The number of aliphatic hydroxyl groups excluding tert-OH is 1. The van der Waals surface area contributed by atoms with Crippen LogP contribution in [0.25, 0.3) is 10.6 Å². The molecular formula is C24H25F3N4O2S2. The van der Waals surface area contributed by atoms with E-state index in [0.29, 0.717) is 22.7 Å². The first-order valence-corrected chi connectivity index (χ1v) is 13.0. The summed E-state index contributed by atoms with van der Waals surface area (Å²) in [6.45, 7) is 2.35. The van der Waals surface area contributed by atoms with E-state index < -0.39 is 11.7 Å². The van der Waals surface area contributed by atoms with Crippen molar-refractivity contribution in [3.05, 3.63) is 51.5 Å². The molecule has 0 aliphatic heterocycles. The van der Waals surface area contributed by atoms with E-state index in [0.717, 1.165) is 53.2 Å².